The number of hydrogen-bond donors (Lipinski definition) is 2. The molecule has 0 bridgehead atoms. The molecule has 0 heterocycles. The molecule has 0 aliphatic carbocycles. The molecular formula is C24H29NO4. The zero-order chi connectivity index (χ0) is 21.1. The van der Waals surface area contributed by atoms with Gasteiger partial charge in [0.15, 0.2) is 0 Å². The van der Waals surface area contributed by atoms with E-state index in [0.717, 1.165) is 17.5 Å². The van der Waals surface area contributed by atoms with Gasteiger partial charge >= 0.3 is 11.9 Å². The van der Waals surface area contributed by atoms with Crippen LogP contribution in [0, 0.1) is 5.92 Å². The van der Waals surface area contributed by atoms with Crippen LogP contribution in [0.4, 0.5) is 0 Å². The lowest BCUT2D eigenvalue weighted by atomic mass is 9.95. The zero-order valence-corrected chi connectivity index (χ0v) is 17.0. The normalized spacial score (nSPS) is 13.0. The molecule has 0 amide bonds. The fourth-order valence-electron chi connectivity index (χ4n) is 3.13. The summed E-state index contributed by atoms with van der Waals surface area (Å²) in [7, 11) is 0. The summed E-state index contributed by atoms with van der Waals surface area (Å²) >= 11 is 0. The quantitative estimate of drug-likeness (QED) is 0.551. The number of hydrogen-bond acceptors (Lipinski definition) is 4. The average molecular weight is 395 g/mol. The maximum atomic E-state index is 12.0. The lowest BCUT2D eigenvalue weighted by Crippen LogP contribution is -2.31. The number of nitrogens with one attached hydrogen (secondary N) is 1. The van der Waals surface area contributed by atoms with Crippen molar-refractivity contribution < 1.29 is 19.4 Å². The second-order valence-electron chi connectivity index (χ2n) is 7.02. The monoisotopic (exact) mass is 395 g/mol. The van der Waals surface area contributed by atoms with E-state index in [1.54, 1.807) is 19.2 Å². The first kappa shape index (κ1) is 22.2. The van der Waals surface area contributed by atoms with Gasteiger partial charge in [0, 0.05) is 6.04 Å². The van der Waals surface area contributed by atoms with Gasteiger partial charge in [-0.3, -0.25) is 9.59 Å². The minimum Gasteiger partial charge on any atom is -0.481 e. The third-order valence-corrected chi connectivity index (χ3v) is 4.61. The fraction of sp³-hybridized carbons (Fsp3) is 0.333. The van der Waals surface area contributed by atoms with E-state index in [1.807, 2.05) is 25.1 Å². The van der Waals surface area contributed by atoms with Crippen molar-refractivity contribution in [1.29, 1.82) is 0 Å². The number of carboxylic acids is 1. The molecule has 0 saturated carbocycles. The predicted octanol–water partition coefficient (Wildman–Crippen LogP) is 4.43. The summed E-state index contributed by atoms with van der Waals surface area (Å²) in [5, 5.41) is 12.0. The number of benzene rings is 2. The highest BCUT2D eigenvalue weighted by molar-refractivity contribution is 5.72. The van der Waals surface area contributed by atoms with E-state index in [1.165, 1.54) is 5.56 Å². The van der Waals surface area contributed by atoms with Crippen molar-refractivity contribution >= 4 is 11.9 Å². The van der Waals surface area contributed by atoms with Crippen molar-refractivity contribution in [3.8, 4) is 11.1 Å². The summed E-state index contributed by atoms with van der Waals surface area (Å²) in [6.45, 7) is 4.01. The van der Waals surface area contributed by atoms with Gasteiger partial charge in [-0.1, -0.05) is 67.6 Å². The summed E-state index contributed by atoms with van der Waals surface area (Å²) in [6, 6.07) is 18.5. The van der Waals surface area contributed by atoms with Crippen molar-refractivity contribution in [1.82, 2.24) is 5.32 Å². The number of aliphatic carboxylic acids is 1. The van der Waals surface area contributed by atoms with E-state index in [-0.39, 0.29) is 24.3 Å². The Hall–Kier alpha value is -3.08. The molecule has 2 rings (SSSR count). The van der Waals surface area contributed by atoms with E-state index >= 15 is 0 Å². The first-order valence-electron chi connectivity index (χ1n) is 9.93. The second-order valence-corrected chi connectivity index (χ2v) is 7.02. The highest BCUT2D eigenvalue weighted by atomic mass is 16.5. The van der Waals surface area contributed by atoms with Crippen molar-refractivity contribution in [2.24, 2.45) is 5.92 Å². The van der Waals surface area contributed by atoms with Crippen molar-refractivity contribution in [2.45, 2.75) is 39.2 Å². The molecule has 2 aromatic rings. The van der Waals surface area contributed by atoms with Crippen LogP contribution in [0.5, 0.6) is 0 Å². The molecule has 2 aromatic carbocycles. The van der Waals surface area contributed by atoms with Gasteiger partial charge in [0.25, 0.3) is 0 Å². The van der Waals surface area contributed by atoms with Crippen molar-refractivity contribution in [3.63, 3.8) is 0 Å². The second kappa shape index (κ2) is 11.7. The molecule has 154 valence electrons. The molecule has 5 heteroatoms. The van der Waals surface area contributed by atoms with Gasteiger partial charge in [0.1, 0.15) is 0 Å². The van der Waals surface area contributed by atoms with E-state index in [4.69, 9.17) is 9.84 Å². The van der Waals surface area contributed by atoms with Crippen LogP contribution in [-0.2, 0) is 20.7 Å². The Morgan fingerprint density at radius 2 is 1.72 bits per heavy atom. The van der Waals surface area contributed by atoms with Crippen LogP contribution in [0.25, 0.3) is 11.1 Å². The van der Waals surface area contributed by atoms with Crippen LogP contribution < -0.4 is 5.32 Å². The number of carboxylic acid groups (broad SMARTS) is 1. The molecule has 0 saturated heterocycles. The number of ether oxygens (including phenoxy) is 1. The molecule has 0 unspecified atom stereocenters. The maximum absolute atomic E-state index is 12.0. The molecule has 2 atom stereocenters. The Kier molecular flexibility index (Phi) is 8.96. The standard InChI is InChI=1S/C24H29NO4/c1-3-29-24(28)18(2)16-22(25-15-7-10-23(26)27)17-19-11-13-21(14-12-19)20-8-5-4-6-9-20/h4-9,11-15,18,22,25H,3,10,16-17H2,1-2H3,(H,26,27)/t18-,22+/m1/s1. The SMILES string of the molecule is CCOC(=O)[C@H](C)C[C@@H](Cc1ccc(-c2ccccc2)cc1)NC=CCC(=O)O. The van der Waals surface area contributed by atoms with Crippen LogP contribution in [0.3, 0.4) is 0 Å². The highest BCUT2D eigenvalue weighted by Crippen LogP contribution is 2.20. The minimum absolute atomic E-state index is 0.0120. The predicted molar refractivity (Wildman–Crippen MR) is 114 cm³/mol. The van der Waals surface area contributed by atoms with Crippen LogP contribution >= 0.6 is 0 Å². The van der Waals surface area contributed by atoms with Gasteiger partial charge in [0.05, 0.1) is 18.9 Å². The van der Waals surface area contributed by atoms with E-state index in [0.29, 0.717) is 13.0 Å². The number of rotatable bonds is 11. The molecule has 0 radical (unpaired) electrons. The Morgan fingerprint density at radius 1 is 1.07 bits per heavy atom. The topological polar surface area (TPSA) is 75.6 Å². The first-order chi connectivity index (χ1) is 14.0. The maximum Gasteiger partial charge on any atom is 0.308 e. The van der Waals surface area contributed by atoms with E-state index in [9.17, 15) is 9.59 Å². The van der Waals surface area contributed by atoms with E-state index in [2.05, 4.69) is 41.7 Å². The van der Waals surface area contributed by atoms with Gasteiger partial charge in [-0.15, -0.1) is 0 Å². The van der Waals surface area contributed by atoms with Crippen LogP contribution in [0.1, 0.15) is 32.3 Å². The smallest absolute Gasteiger partial charge is 0.308 e. The molecular weight excluding hydrogens is 366 g/mol. The molecule has 2 N–H and O–H groups in total. The van der Waals surface area contributed by atoms with Gasteiger partial charge in [-0.2, -0.15) is 0 Å². The van der Waals surface area contributed by atoms with Crippen molar-refractivity contribution in [3.05, 3.63) is 72.4 Å². The summed E-state index contributed by atoms with van der Waals surface area (Å²) in [5.74, 6) is -1.34. The molecule has 0 aromatic heterocycles. The Morgan fingerprint density at radius 3 is 2.34 bits per heavy atom. The molecule has 29 heavy (non-hydrogen) atoms. The van der Waals surface area contributed by atoms with Gasteiger partial charge in [-0.05, 0) is 42.7 Å². The Bertz CT molecular complexity index is 799. The molecule has 0 spiro atoms. The Labute approximate surface area is 172 Å². The zero-order valence-electron chi connectivity index (χ0n) is 17.0. The lowest BCUT2D eigenvalue weighted by Gasteiger charge is -2.21. The summed E-state index contributed by atoms with van der Waals surface area (Å²) in [5.41, 5.74) is 3.46. The molecule has 0 fully saturated rings. The summed E-state index contributed by atoms with van der Waals surface area (Å²) in [4.78, 5) is 22.7. The fourth-order valence-corrected chi connectivity index (χ4v) is 3.13. The molecule has 5 nitrogen and oxygen atoms in total. The molecule has 0 aliphatic rings. The number of carbonyl (C=O) groups excluding carboxylic acids is 1. The average Bonchev–Trinajstić information content (AvgIpc) is 2.72. The van der Waals surface area contributed by atoms with Crippen LogP contribution in [0.2, 0.25) is 0 Å². The summed E-state index contributed by atoms with van der Waals surface area (Å²) < 4.78 is 5.11. The minimum atomic E-state index is -0.879. The van der Waals surface area contributed by atoms with Crippen molar-refractivity contribution in [2.75, 3.05) is 6.61 Å². The molecule has 0 aliphatic heterocycles. The largest absolute Gasteiger partial charge is 0.481 e. The highest BCUT2D eigenvalue weighted by Gasteiger charge is 2.19. The number of carbonyl (C=O) groups is 2. The first-order valence-corrected chi connectivity index (χ1v) is 9.93. The third-order valence-electron chi connectivity index (χ3n) is 4.61. The Balaban J connectivity index is 2.05. The summed E-state index contributed by atoms with van der Waals surface area (Å²) in [6.07, 6.45) is 4.50. The van der Waals surface area contributed by atoms with Gasteiger partial charge < -0.3 is 15.2 Å². The third kappa shape index (κ3) is 7.82. The lowest BCUT2D eigenvalue weighted by molar-refractivity contribution is -0.147. The number of esters is 1. The van der Waals surface area contributed by atoms with Crippen LogP contribution in [-0.4, -0.2) is 29.7 Å². The van der Waals surface area contributed by atoms with Gasteiger partial charge in [-0.25, -0.2) is 0 Å². The van der Waals surface area contributed by atoms with Gasteiger partial charge in [0.2, 0.25) is 0 Å². The van der Waals surface area contributed by atoms with Crippen LogP contribution in [0.15, 0.2) is 66.9 Å². The van der Waals surface area contributed by atoms with E-state index < -0.39 is 5.97 Å².